The van der Waals surface area contributed by atoms with Crippen molar-refractivity contribution in [3.05, 3.63) is 82.0 Å². The van der Waals surface area contributed by atoms with Gasteiger partial charge in [0.25, 0.3) is 5.56 Å². The number of hydrogen-bond donors (Lipinski definition) is 1. The highest BCUT2D eigenvalue weighted by atomic mass is 19.1. The van der Waals surface area contributed by atoms with Crippen molar-refractivity contribution in [1.82, 2.24) is 14.3 Å². The molecule has 0 aliphatic carbocycles. The van der Waals surface area contributed by atoms with Gasteiger partial charge in [-0.2, -0.15) is 5.10 Å². The predicted octanol–water partition coefficient (Wildman–Crippen LogP) is 3.59. The molecular weight excluding hydrogens is 399 g/mol. The molecule has 0 atom stereocenters. The van der Waals surface area contributed by atoms with E-state index in [4.69, 9.17) is 4.74 Å². The summed E-state index contributed by atoms with van der Waals surface area (Å²) in [6, 6.07) is 14.3. The quantitative estimate of drug-likeness (QED) is 0.535. The van der Waals surface area contributed by atoms with Gasteiger partial charge in [-0.1, -0.05) is 6.07 Å². The lowest BCUT2D eigenvalue weighted by atomic mass is 10.1. The third-order valence-corrected chi connectivity index (χ3v) is 5.02. The number of nitrogens with zero attached hydrogens (tertiary/aromatic N) is 3. The number of carbonyl (C=O) groups is 1. The van der Waals surface area contributed by atoms with Crippen LogP contribution < -0.4 is 15.6 Å². The van der Waals surface area contributed by atoms with Gasteiger partial charge >= 0.3 is 0 Å². The zero-order chi connectivity index (χ0) is 22.1. The lowest BCUT2D eigenvalue weighted by Gasteiger charge is -2.13. The van der Waals surface area contributed by atoms with Gasteiger partial charge in [0.05, 0.1) is 18.5 Å². The van der Waals surface area contributed by atoms with Gasteiger partial charge in [0.15, 0.2) is 0 Å². The summed E-state index contributed by atoms with van der Waals surface area (Å²) in [6.45, 7) is 3.41. The number of hydrogen-bond acceptors (Lipinski definition) is 4. The van der Waals surface area contributed by atoms with E-state index in [1.807, 2.05) is 13.8 Å². The van der Waals surface area contributed by atoms with E-state index in [-0.39, 0.29) is 18.0 Å². The van der Waals surface area contributed by atoms with E-state index < -0.39 is 5.82 Å². The monoisotopic (exact) mass is 420 g/mol. The van der Waals surface area contributed by atoms with Gasteiger partial charge in [-0.15, -0.1) is 0 Å². The average Bonchev–Trinajstić information content (AvgIpc) is 3.09. The van der Waals surface area contributed by atoms with Crippen LogP contribution in [0.3, 0.4) is 0 Å². The van der Waals surface area contributed by atoms with Crippen molar-refractivity contribution in [3.8, 4) is 11.4 Å². The minimum atomic E-state index is -0.419. The molecule has 31 heavy (non-hydrogen) atoms. The van der Waals surface area contributed by atoms with Crippen molar-refractivity contribution in [1.29, 1.82) is 0 Å². The lowest BCUT2D eigenvalue weighted by molar-refractivity contribution is -0.116. The first kappa shape index (κ1) is 20.3. The molecule has 1 N–H and O–H groups in total. The Morgan fingerprint density at radius 3 is 2.55 bits per heavy atom. The van der Waals surface area contributed by atoms with Crippen LogP contribution in [0.5, 0.6) is 5.75 Å². The maximum absolute atomic E-state index is 13.8. The van der Waals surface area contributed by atoms with Crippen LogP contribution in [0.4, 0.5) is 10.1 Å². The number of pyridine rings is 1. The second-order valence-electron chi connectivity index (χ2n) is 7.20. The molecule has 2 aromatic carbocycles. The van der Waals surface area contributed by atoms with Gasteiger partial charge in [-0.05, 0) is 61.9 Å². The highest BCUT2D eigenvalue weighted by Gasteiger charge is 2.19. The number of nitrogens with one attached hydrogen (secondary N) is 1. The van der Waals surface area contributed by atoms with Gasteiger partial charge in [0.2, 0.25) is 5.91 Å². The first-order valence-corrected chi connectivity index (χ1v) is 9.67. The standard InChI is InChI=1S/C23H21FN4O3/c1-14-11-21(30)27(13-20(29)25-17-7-9-19(31-3)10-8-17)23-22(14)15(2)26-28(23)18-6-4-5-16(24)12-18/h4-12H,13H2,1-3H3,(H,25,29). The van der Waals surface area contributed by atoms with Crippen LogP contribution in [-0.4, -0.2) is 27.4 Å². The van der Waals surface area contributed by atoms with E-state index in [9.17, 15) is 14.0 Å². The van der Waals surface area contributed by atoms with Crippen LogP contribution in [-0.2, 0) is 11.3 Å². The number of aromatic nitrogens is 3. The van der Waals surface area contributed by atoms with Gasteiger partial charge < -0.3 is 10.1 Å². The lowest BCUT2D eigenvalue weighted by Crippen LogP contribution is -2.29. The van der Waals surface area contributed by atoms with Gasteiger partial charge in [-0.3, -0.25) is 14.2 Å². The molecule has 4 aromatic rings. The van der Waals surface area contributed by atoms with Crippen molar-refractivity contribution >= 4 is 22.6 Å². The third kappa shape index (κ3) is 3.92. The van der Waals surface area contributed by atoms with Gasteiger partial charge in [-0.25, -0.2) is 9.07 Å². The van der Waals surface area contributed by atoms with E-state index in [0.29, 0.717) is 28.5 Å². The van der Waals surface area contributed by atoms with Crippen LogP contribution in [0.15, 0.2) is 59.4 Å². The number of benzene rings is 2. The zero-order valence-electron chi connectivity index (χ0n) is 17.3. The number of amides is 1. The van der Waals surface area contributed by atoms with E-state index in [2.05, 4.69) is 10.4 Å². The van der Waals surface area contributed by atoms with Gasteiger partial charge in [0.1, 0.15) is 23.8 Å². The zero-order valence-corrected chi connectivity index (χ0v) is 17.3. The first-order valence-electron chi connectivity index (χ1n) is 9.67. The maximum atomic E-state index is 13.8. The third-order valence-electron chi connectivity index (χ3n) is 5.02. The summed E-state index contributed by atoms with van der Waals surface area (Å²) in [4.78, 5) is 25.6. The molecule has 0 fully saturated rings. The van der Waals surface area contributed by atoms with E-state index in [1.165, 1.54) is 27.4 Å². The topological polar surface area (TPSA) is 78.2 Å². The molecule has 2 aromatic heterocycles. The molecule has 0 aliphatic heterocycles. The highest BCUT2D eigenvalue weighted by Crippen LogP contribution is 2.24. The molecule has 0 aliphatic rings. The summed E-state index contributed by atoms with van der Waals surface area (Å²) in [5, 5.41) is 8.05. The fourth-order valence-electron chi connectivity index (χ4n) is 3.62. The van der Waals surface area contributed by atoms with E-state index >= 15 is 0 Å². The van der Waals surface area contributed by atoms with E-state index in [1.54, 1.807) is 43.5 Å². The largest absolute Gasteiger partial charge is 0.497 e. The molecule has 8 heteroatoms. The van der Waals surface area contributed by atoms with Crippen LogP contribution in [0.25, 0.3) is 16.7 Å². The van der Waals surface area contributed by atoms with Crippen molar-refractivity contribution in [2.75, 3.05) is 12.4 Å². The SMILES string of the molecule is COc1ccc(NC(=O)Cn2c(=O)cc(C)c3c(C)nn(-c4cccc(F)c4)c32)cc1. The summed E-state index contributed by atoms with van der Waals surface area (Å²) < 4.78 is 21.8. The number of anilines is 1. The number of fused-ring (bicyclic) bond motifs is 1. The molecule has 0 bridgehead atoms. The molecule has 2 heterocycles. The second-order valence-corrected chi connectivity index (χ2v) is 7.20. The Bertz CT molecular complexity index is 1340. The molecule has 4 rings (SSSR count). The average molecular weight is 420 g/mol. The Morgan fingerprint density at radius 1 is 1.13 bits per heavy atom. The molecule has 0 saturated heterocycles. The minimum absolute atomic E-state index is 0.220. The van der Waals surface area contributed by atoms with Crippen molar-refractivity contribution in [3.63, 3.8) is 0 Å². The fraction of sp³-hybridized carbons (Fsp3) is 0.174. The summed E-state index contributed by atoms with van der Waals surface area (Å²) in [5.41, 5.74) is 2.57. The van der Waals surface area contributed by atoms with Crippen LogP contribution in [0.1, 0.15) is 11.3 Å². The van der Waals surface area contributed by atoms with Crippen LogP contribution in [0.2, 0.25) is 0 Å². The smallest absolute Gasteiger partial charge is 0.252 e. The molecule has 0 saturated carbocycles. The summed E-state index contributed by atoms with van der Waals surface area (Å²) in [6.07, 6.45) is 0. The van der Waals surface area contributed by atoms with Gasteiger partial charge in [0, 0.05) is 17.1 Å². The highest BCUT2D eigenvalue weighted by molar-refractivity contribution is 5.92. The van der Waals surface area contributed by atoms with E-state index in [0.717, 1.165) is 10.9 Å². The maximum Gasteiger partial charge on any atom is 0.252 e. The molecule has 0 spiro atoms. The normalized spacial score (nSPS) is 11.0. The predicted molar refractivity (Wildman–Crippen MR) is 116 cm³/mol. The first-order chi connectivity index (χ1) is 14.9. The number of halogens is 1. The van der Waals surface area contributed by atoms with Crippen LogP contribution >= 0.6 is 0 Å². The molecule has 0 unspecified atom stereocenters. The Kier molecular flexibility index (Phi) is 5.29. The van der Waals surface area contributed by atoms with Crippen molar-refractivity contribution in [2.45, 2.75) is 20.4 Å². The summed E-state index contributed by atoms with van der Waals surface area (Å²) >= 11 is 0. The number of rotatable bonds is 5. The number of methoxy groups -OCH3 is 1. The van der Waals surface area contributed by atoms with Crippen molar-refractivity contribution in [2.24, 2.45) is 0 Å². The molecule has 7 nitrogen and oxygen atoms in total. The van der Waals surface area contributed by atoms with Crippen LogP contribution in [0, 0.1) is 19.7 Å². The molecule has 1 amide bonds. The molecule has 158 valence electrons. The Morgan fingerprint density at radius 2 is 1.87 bits per heavy atom. The number of carbonyl (C=O) groups excluding carboxylic acids is 1. The molecule has 0 radical (unpaired) electrons. The summed E-state index contributed by atoms with van der Waals surface area (Å²) in [7, 11) is 1.56. The molecular formula is C23H21FN4O3. The Hall–Kier alpha value is -3.94. The Balaban J connectivity index is 1.78. The number of ether oxygens (including phenoxy) is 1. The van der Waals surface area contributed by atoms with Crippen molar-refractivity contribution < 1.29 is 13.9 Å². The fourth-order valence-corrected chi connectivity index (χ4v) is 3.62. The second kappa shape index (κ2) is 8.06. The Labute approximate surface area is 177 Å². The summed E-state index contributed by atoms with van der Waals surface area (Å²) in [5.74, 6) is -0.122. The minimum Gasteiger partial charge on any atom is -0.497 e. The number of aryl methyl sites for hydroxylation is 2.